The van der Waals surface area contributed by atoms with Crippen molar-refractivity contribution in [2.75, 3.05) is 13.2 Å². The van der Waals surface area contributed by atoms with Crippen LogP contribution in [-0.4, -0.2) is 37.9 Å². The van der Waals surface area contributed by atoms with Gasteiger partial charge in [-0.15, -0.1) is 0 Å². The highest BCUT2D eigenvalue weighted by Crippen LogP contribution is 2.05. The monoisotopic (exact) mass is 296 g/mol. The molecule has 0 bridgehead atoms. The molecule has 0 saturated heterocycles. The standard InChI is InChI=1S/C11H24N2O3S2/c1-4-10(11(12)17)18(14,15)13-7-5-6-8-16-9(2)3/h9-10,13H,4-8H2,1-3H3,(H2,12,17). The number of nitrogens with two attached hydrogens (primary N) is 1. The van der Waals surface area contributed by atoms with Crippen molar-refractivity contribution in [2.45, 2.75) is 51.4 Å². The van der Waals surface area contributed by atoms with Gasteiger partial charge in [0.25, 0.3) is 0 Å². The molecule has 0 amide bonds. The molecule has 0 aliphatic carbocycles. The second kappa shape index (κ2) is 8.79. The van der Waals surface area contributed by atoms with Crippen LogP contribution in [0.15, 0.2) is 0 Å². The minimum atomic E-state index is -3.43. The van der Waals surface area contributed by atoms with E-state index < -0.39 is 15.3 Å². The molecular weight excluding hydrogens is 272 g/mol. The van der Waals surface area contributed by atoms with Crippen LogP contribution in [0.5, 0.6) is 0 Å². The number of sulfonamides is 1. The molecule has 18 heavy (non-hydrogen) atoms. The Bertz CT molecular complexity index is 342. The smallest absolute Gasteiger partial charge is 0.220 e. The third-order valence-electron chi connectivity index (χ3n) is 2.39. The lowest BCUT2D eigenvalue weighted by atomic mass is 10.3. The summed E-state index contributed by atoms with van der Waals surface area (Å²) >= 11 is 4.75. The van der Waals surface area contributed by atoms with Crippen molar-refractivity contribution < 1.29 is 13.2 Å². The number of hydrogen-bond acceptors (Lipinski definition) is 4. The van der Waals surface area contributed by atoms with E-state index in [1.807, 2.05) is 13.8 Å². The van der Waals surface area contributed by atoms with Gasteiger partial charge in [0, 0.05) is 13.2 Å². The first-order valence-corrected chi connectivity index (χ1v) is 8.16. The molecule has 0 heterocycles. The predicted octanol–water partition coefficient (Wildman–Crippen LogP) is 1.18. The maximum absolute atomic E-state index is 11.8. The Balaban J connectivity index is 3.94. The number of hydrogen-bond donors (Lipinski definition) is 2. The van der Waals surface area contributed by atoms with Crippen LogP contribution in [-0.2, 0) is 14.8 Å². The Morgan fingerprint density at radius 3 is 2.44 bits per heavy atom. The van der Waals surface area contributed by atoms with Crippen LogP contribution in [0, 0.1) is 0 Å². The van der Waals surface area contributed by atoms with Crippen molar-refractivity contribution in [1.29, 1.82) is 0 Å². The lowest BCUT2D eigenvalue weighted by molar-refractivity contribution is 0.0762. The Hall–Kier alpha value is -0.240. The van der Waals surface area contributed by atoms with Crippen molar-refractivity contribution in [3.63, 3.8) is 0 Å². The topological polar surface area (TPSA) is 81.4 Å². The van der Waals surface area contributed by atoms with E-state index in [9.17, 15) is 8.42 Å². The first kappa shape index (κ1) is 17.8. The van der Waals surface area contributed by atoms with Crippen LogP contribution < -0.4 is 10.5 Å². The Morgan fingerprint density at radius 2 is 2.00 bits per heavy atom. The minimum absolute atomic E-state index is 0.0214. The molecule has 0 aromatic rings. The van der Waals surface area contributed by atoms with Gasteiger partial charge in [-0.25, -0.2) is 13.1 Å². The second-order valence-electron chi connectivity index (χ2n) is 4.37. The molecule has 1 unspecified atom stereocenters. The number of nitrogens with one attached hydrogen (secondary N) is 1. The number of unbranched alkanes of at least 4 members (excludes halogenated alkanes) is 1. The first-order chi connectivity index (χ1) is 8.31. The lowest BCUT2D eigenvalue weighted by Crippen LogP contribution is -2.41. The van der Waals surface area contributed by atoms with Gasteiger partial charge in [0.05, 0.1) is 11.1 Å². The van der Waals surface area contributed by atoms with Crippen LogP contribution in [0.25, 0.3) is 0 Å². The minimum Gasteiger partial charge on any atom is -0.392 e. The fraction of sp³-hybridized carbons (Fsp3) is 0.909. The average molecular weight is 296 g/mol. The van der Waals surface area contributed by atoms with E-state index in [1.165, 1.54) is 0 Å². The molecule has 0 radical (unpaired) electrons. The molecule has 1 atom stereocenters. The zero-order valence-electron chi connectivity index (χ0n) is 11.3. The molecule has 0 aromatic carbocycles. The predicted molar refractivity (Wildman–Crippen MR) is 78.1 cm³/mol. The van der Waals surface area contributed by atoms with E-state index in [4.69, 9.17) is 22.7 Å². The molecule has 0 aliphatic heterocycles. The van der Waals surface area contributed by atoms with Gasteiger partial charge in [-0.05, 0) is 33.1 Å². The lowest BCUT2D eigenvalue weighted by Gasteiger charge is -2.15. The summed E-state index contributed by atoms with van der Waals surface area (Å²) in [5, 5.41) is -0.778. The molecule has 108 valence electrons. The average Bonchev–Trinajstić information content (AvgIpc) is 2.22. The summed E-state index contributed by atoms with van der Waals surface area (Å²) in [4.78, 5) is 0.0214. The quantitative estimate of drug-likeness (QED) is 0.467. The van der Waals surface area contributed by atoms with Gasteiger partial charge < -0.3 is 10.5 Å². The fourth-order valence-electron chi connectivity index (χ4n) is 1.43. The van der Waals surface area contributed by atoms with Gasteiger partial charge in [-0.3, -0.25) is 0 Å². The Labute approximate surface area is 116 Å². The van der Waals surface area contributed by atoms with E-state index in [-0.39, 0.29) is 11.1 Å². The molecule has 0 spiro atoms. The normalized spacial score (nSPS) is 13.8. The summed E-state index contributed by atoms with van der Waals surface area (Å²) in [7, 11) is -3.43. The van der Waals surface area contributed by atoms with Crippen LogP contribution >= 0.6 is 12.2 Å². The maximum atomic E-state index is 11.8. The van der Waals surface area contributed by atoms with E-state index in [0.717, 1.165) is 12.8 Å². The number of ether oxygens (including phenoxy) is 1. The molecule has 0 fully saturated rings. The largest absolute Gasteiger partial charge is 0.392 e. The highest BCUT2D eigenvalue weighted by molar-refractivity contribution is 7.93. The fourth-order valence-corrected chi connectivity index (χ4v) is 3.36. The van der Waals surface area contributed by atoms with Crippen molar-refractivity contribution in [1.82, 2.24) is 4.72 Å². The van der Waals surface area contributed by atoms with E-state index in [1.54, 1.807) is 6.92 Å². The summed E-state index contributed by atoms with van der Waals surface area (Å²) in [5.74, 6) is 0. The molecular formula is C11H24N2O3S2. The summed E-state index contributed by atoms with van der Waals surface area (Å²) in [6.07, 6.45) is 2.16. The maximum Gasteiger partial charge on any atom is 0.220 e. The van der Waals surface area contributed by atoms with E-state index >= 15 is 0 Å². The third-order valence-corrected chi connectivity index (χ3v) is 4.76. The van der Waals surface area contributed by atoms with Crippen molar-refractivity contribution in [3.05, 3.63) is 0 Å². The summed E-state index contributed by atoms with van der Waals surface area (Å²) in [5.41, 5.74) is 5.41. The Morgan fingerprint density at radius 1 is 1.39 bits per heavy atom. The van der Waals surface area contributed by atoms with E-state index in [0.29, 0.717) is 19.6 Å². The van der Waals surface area contributed by atoms with Gasteiger partial charge in [0.2, 0.25) is 10.0 Å². The first-order valence-electron chi connectivity index (χ1n) is 6.20. The van der Waals surface area contributed by atoms with Gasteiger partial charge >= 0.3 is 0 Å². The van der Waals surface area contributed by atoms with Crippen LogP contribution in [0.1, 0.15) is 40.0 Å². The van der Waals surface area contributed by atoms with Gasteiger partial charge in [0.1, 0.15) is 5.25 Å². The van der Waals surface area contributed by atoms with Crippen LogP contribution in [0.4, 0.5) is 0 Å². The second-order valence-corrected chi connectivity index (χ2v) is 6.78. The number of thiocarbonyl (C=S) groups is 1. The summed E-state index contributed by atoms with van der Waals surface area (Å²) in [6.45, 7) is 6.72. The molecule has 3 N–H and O–H groups in total. The zero-order valence-corrected chi connectivity index (χ0v) is 12.9. The van der Waals surface area contributed by atoms with Crippen molar-refractivity contribution in [2.24, 2.45) is 5.73 Å². The SMILES string of the molecule is CCC(C(N)=S)S(=O)(=O)NCCCCOC(C)C. The van der Waals surface area contributed by atoms with Crippen molar-refractivity contribution >= 4 is 27.2 Å². The molecule has 0 saturated carbocycles. The van der Waals surface area contributed by atoms with Crippen molar-refractivity contribution in [3.8, 4) is 0 Å². The highest BCUT2D eigenvalue weighted by Gasteiger charge is 2.25. The molecule has 0 rings (SSSR count). The third kappa shape index (κ3) is 7.25. The summed E-state index contributed by atoms with van der Waals surface area (Å²) in [6, 6.07) is 0. The van der Waals surface area contributed by atoms with E-state index in [2.05, 4.69) is 4.72 Å². The molecule has 5 nitrogen and oxygen atoms in total. The van der Waals surface area contributed by atoms with Crippen LogP contribution in [0.3, 0.4) is 0 Å². The Kier molecular flexibility index (Phi) is 8.67. The van der Waals surface area contributed by atoms with Gasteiger partial charge in [-0.1, -0.05) is 19.1 Å². The van der Waals surface area contributed by atoms with Crippen LogP contribution in [0.2, 0.25) is 0 Å². The molecule has 7 heteroatoms. The highest BCUT2D eigenvalue weighted by atomic mass is 32.2. The zero-order chi connectivity index (χ0) is 14.2. The summed E-state index contributed by atoms with van der Waals surface area (Å²) < 4.78 is 31.6. The van der Waals surface area contributed by atoms with Gasteiger partial charge in [0.15, 0.2) is 0 Å². The number of rotatable bonds is 10. The molecule has 0 aromatic heterocycles. The van der Waals surface area contributed by atoms with Gasteiger partial charge in [-0.2, -0.15) is 0 Å². The molecule has 0 aliphatic rings.